The molecule has 1 unspecified atom stereocenters. The van der Waals surface area contributed by atoms with Crippen LogP contribution in [-0.4, -0.2) is 75.8 Å². The fourth-order valence-corrected chi connectivity index (χ4v) is 3.83. The Bertz CT molecular complexity index is 463. The second-order valence-corrected chi connectivity index (χ2v) is 8.12. The van der Waals surface area contributed by atoms with Crippen LogP contribution in [0.5, 0.6) is 0 Å². The molecule has 0 aromatic rings. The van der Waals surface area contributed by atoms with Crippen molar-refractivity contribution in [3.05, 3.63) is 0 Å². The van der Waals surface area contributed by atoms with Gasteiger partial charge in [-0.3, -0.25) is 0 Å². The SMILES string of the molecule is CNS(=O)(=O)CCNC(=O)N1CCCC(N2CCCC2)CC1. The minimum absolute atomic E-state index is 0.0838. The molecule has 0 saturated carbocycles. The standard InChI is InChI=1S/C14H28N4O3S/c1-15-22(20,21)12-7-16-14(19)18-10-4-5-13(6-11-18)17-8-2-3-9-17/h13,15H,2-12H2,1H3,(H,16,19). The minimum atomic E-state index is -3.26. The predicted molar refractivity (Wildman–Crippen MR) is 86.3 cm³/mol. The number of sulfonamides is 1. The summed E-state index contributed by atoms with van der Waals surface area (Å²) < 4.78 is 24.9. The lowest BCUT2D eigenvalue weighted by Gasteiger charge is -2.26. The summed E-state index contributed by atoms with van der Waals surface area (Å²) in [4.78, 5) is 16.5. The van der Waals surface area contributed by atoms with Crippen molar-refractivity contribution in [2.24, 2.45) is 0 Å². The maximum Gasteiger partial charge on any atom is 0.317 e. The lowest BCUT2D eigenvalue weighted by molar-refractivity contribution is 0.194. The molecule has 0 aliphatic carbocycles. The third-order valence-corrected chi connectivity index (χ3v) is 5.96. The van der Waals surface area contributed by atoms with Crippen LogP contribution in [0.2, 0.25) is 0 Å². The Morgan fingerprint density at radius 3 is 2.50 bits per heavy atom. The monoisotopic (exact) mass is 332 g/mol. The van der Waals surface area contributed by atoms with Crippen LogP contribution in [0.1, 0.15) is 32.1 Å². The summed E-state index contributed by atoms with van der Waals surface area (Å²) in [6.07, 6.45) is 5.77. The van der Waals surface area contributed by atoms with Crippen LogP contribution in [-0.2, 0) is 10.0 Å². The van der Waals surface area contributed by atoms with Crippen LogP contribution in [0.4, 0.5) is 4.79 Å². The van der Waals surface area contributed by atoms with E-state index in [-0.39, 0.29) is 18.3 Å². The van der Waals surface area contributed by atoms with Crippen molar-refractivity contribution in [1.29, 1.82) is 0 Å². The highest BCUT2D eigenvalue weighted by molar-refractivity contribution is 7.89. The van der Waals surface area contributed by atoms with E-state index in [1.165, 1.54) is 33.0 Å². The molecule has 2 rings (SSSR count). The molecular formula is C14H28N4O3S. The van der Waals surface area contributed by atoms with Gasteiger partial charge in [-0.15, -0.1) is 0 Å². The second kappa shape index (κ2) is 8.12. The third-order valence-electron chi connectivity index (χ3n) is 4.60. The summed E-state index contributed by atoms with van der Waals surface area (Å²) in [5, 5.41) is 2.71. The quantitative estimate of drug-likeness (QED) is 0.753. The van der Waals surface area contributed by atoms with Gasteiger partial charge < -0.3 is 15.1 Å². The highest BCUT2D eigenvalue weighted by Gasteiger charge is 2.26. The summed E-state index contributed by atoms with van der Waals surface area (Å²) in [7, 11) is -1.88. The zero-order valence-electron chi connectivity index (χ0n) is 13.4. The molecule has 0 radical (unpaired) electrons. The molecule has 0 aromatic heterocycles. The van der Waals surface area contributed by atoms with E-state index >= 15 is 0 Å². The Balaban J connectivity index is 1.74. The maximum absolute atomic E-state index is 12.1. The van der Waals surface area contributed by atoms with E-state index in [1.807, 2.05) is 4.90 Å². The van der Waals surface area contributed by atoms with Gasteiger partial charge in [-0.05, 0) is 52.2 Å². The first-order chi connectivity index (χ1) is 10.5. The van der Waals surface area contributed by atoms with Gasteiger partial charge >= 0.3 is 6.03 Å². The Hall–Kier alpha value is -0.860. The van der Waals surface area contributed by atoms with Gasteiger partial charge in [0.25, 0.3) is 0 Å². The number of carbonyl (C=O) groups excluding carboxylic acids is 1. The van der Waals surface area contributed by atoms with Gasteiger partial charge in [0.15, 0.2) is 0 Å². The fourth-order valence-electron chi connectivity index (χ4n) is 3.26. The number of hydrogen-bond donors (Lipinski definition) is 2. The molecule has 0 bridgehead atoms. The Morgan fingerprint density at radius 2 is 1.82 bits per heavy atom. The highest BCUT2D eigenvalue weighted by Crippen LogP contribution is 2.21. The molecule has 0 spiro atoms. The van der Waals surface area contributed by atoms with Crippen LogP contribution in [0.3, 0.4) is 0 Å². The zero-order valence-corrected chi connectivity index (χ0v) is 14.2. The smallest absolute Gasteiger partial charge is 0.317 e. The molecule has 0 aromatic carbocycles. The summed E-state index contributed by atoms with van der Waals surface area (Å²) in [5.74, 6) is -0.0838. The number of rotatable bonds is 5. The van der Waals surface area contributed by atoms with Gasteiger partial charge in [-0.25, -0.2) is 17.9 Å². The van der Waals surface area contributed by atoms with Gasteiger partial charge in [0.1, 0.15) is 0 Å². The Labute approximate surface area is 133 Å². The first kappa shape index (κ1) is 17.5. The lowest BCUT2D eigenvalue weighted by atomic mass is 10.1. The van der Waals surface area contributed by atoms with Gasteiger partial charge in [0.05, 0.1) is 5.75 Å². The average Bonchev–Trinajstić information content (AvgIpc) is 2.91. The van der Waals surface area contributed by atoms with Crippen molar-refractivity contribution >= 4 is 16.1 Å². The van der Waals surface area contributed by atoms with Gasteiger partial charge in [-0.2, -0.15) is 0 Å². The first-order valence-corrected chi connectivity index (χ1v) is 9.85. The molecular weight excluding hydrogens is 304 g/mol. The van der Waals surface area contributed by atoms with Crippen molar-refractivity contribution < 1.29 is 13.2 Å². The van der Waals surface area contributed by atoms with Crippen LogP contribution in [0, 0.1) is 0 Å². The summed E-state index contributed by atoms with van der Waals surface area (Å²) >= 11 is 0. The predicted octanol–water partition coefficient (Wildman–Crippen LogP) is 0.196. The molecule has 2 N–H and O–H groups in total. The summed E-state index contributed by atoms with van der Waals surface area (Å²) in [6, 6.07) is 0.457. The molecule has 1 atom stereocenters. The minimum Gasteiger partial charge on any atom is -0.337 e. The maximum atomic E-state index is 12.1. The third kappa shape index (κ3) is 5.10. The molecule has 7 nitrogen and oxygen atoms in total. The molecule has 2 heterocycles. The molecule has 2 amide bonds. The average molecular weight is 332 g/mol. The largest absolute Gasteiger partial charge is 0.337 e. The van der Waals surface area contributed by atoms with Gasteiger partial charge in [0, 0.05) is 25.7 Å². The van der Waals surface area contributed by atoms with Crippen molar-refractivity contribution in [3.63, 3.8) is 0 Å². The number of carbonyl (C=O) groups is 1. The van der Waals surface area contributed by atoms with E-state index in [4.69, 9.17) is 0 Å². The van der Waals surface area contributed by atoms with Crippen LogP contribution in [0.15, 0.2) is 0 Å². The molecule has 2 saturated heterocycles. The van der Waals surface area contributed by atoms with E-state index in [9.17, 15) is 13.2 Å². The van der Waals surface area contributed by atoms with Crippen molar-refractivity contribution in [2.75, 3.05) is 45.5 Å². The van der Waals surface area contributed by atoms with Crippen molar-refractivity contribution in [1.82, 2.24) is 19.8 Å². The van der Waals surface area contributed by atoms with Crippen molar-refractivity contribution in [3.8, 4) is 0 Å². The highest BCUT2D eigenvalue weighted by atomic mass is 32.2. The van der Waals surface area contributed by atoms with Gasteiger partial charge in [0.2, 0.25) is 10.0 Å². The number of nitrogens with one attached hydrogen (secondary N) is 2. The Kier molecular flexibility index (Phi) is 6.46. The molecule has 2 aliphatic heterocycles. The van der Waals surface area contributed by atoms with Crippen LogP contribution in [0.25, 0.3) is 0 Å². The van der Waals surface area contributed by atoms with Crippen LogP contribution < -0.4 is 10.0 Å². The normalized spacial score (nSPS) is 24.2. The van der Waals surface area contributed by atoms with Gasteiger partial charge in [-0.1, -0.05) is 0 Å². The number of amides is 2. The van der Waals surface area contributed by atoms with Crippen LogP contribution >= 0.6 is 0 Å². The summed E-state index contributed by atoms with van der Waals surface area (Å²) in [5.41, 5.74) is 0. The van der Waals surface area contributed by atoms with E-state index in [0.717, 1.165) is 32.4 Å². The number of urea groups is 1. The van der Waals surface area contributed by atoms with Crippen molar-refractivity contribution in [2.45, 2.75) is 38.1 Å². The van der Waals surface area contributed by atoms with E-state index < -0.39 is 10.0 Å². The van der Waals surface area contributed by atoms with E-state index in [0.29, 0.717) is 6.04 Å². The molecule has 2 fully saturated rings. The Morgan fingerprint density at radius 1 is 1.09 bits per heavy atom. The molecule has 22 heavy (non-hydrogen) atoms. The first-order valence-electron chi connectivity index (χ1n) is 8.20. The zero-order chi connectivity index (χ0) is 16.0. The molecule has 2 aliphatic rings. The lowest BCUT2D eigenvalue weighted by Crippen LogP contribution is -2.43. The molecule has 128 valence electrons. The van der Waals surface area contributed by atoms with E-state index in [2.05, 4.69) is 14.9 Å². The summed E-state index contributed by atoms with van der Waals surface area (Å²) in [6.45, 7) is 4.05. The molecule has 8 heteroatoms. The number of hydrogen-bond acceptors (Lipinski definition) is 4. The number of likely N-dealkylation sites (tertiary alicyclic amines) is 2. The topological polar surface area (TPSA) is 81.8 Å². The van der Waals surface area contributed by atoms with E-state index in [1.54, 1.807) is 0 Å². The fraction of sp³-hybridized carbons (Fsp3) is 0.929. The second-order valence-electron chi connectivity index (χ2n) is 6.07. The number of nitrogens with zero attached hydrogens (tertiary/aromatic N) is 2.